The van der Waals surface area contributed by atoms with Gasteiger partial charge in [0, 0.05) is 12.3 Å². The van der Waals surface area contributed by atoms with E-state index in [2.05, 4.69) is 10.6 Å². The first-order valence-corrected chi connectivity index (χ1v) is 6.58. The lowest BCUT2D eigenvalue weighted by molar-refractivity contribution is -0.384. The molecule has 1 aromatic rings. The maximum Gasteiger partial charge on any atom is 0.323 e. The highest BCUT2D eigenvalue weighted by atomic mass is 16.6. The van der Waals surface area contributed by atoms with Gasteiger partial charge >= 0.3 is 6.03 Å². The Morgan fingerprint density at radius 2 is 2.19 bits per heavy atom. The van der Waals surface area contributed by atoms with Crippen molar-refractivity contribution in [3.05, 3.63) is 40.1 Å². The molecule has 1 aromatic carbocycles. The molecular weight excluding hydrogens is 274 g/mol. The highest BCUT2D eigenvalue weighted by Crippen LogP contribution is 2.35. The molecule has 7 nitrogen and oxygen atoms in total. The smallest absolute Gasteiger partial charge is 0.323 e. The summed E-state index contributed by atoms with van der Waals surface area (Å²) >= 11 is 0. The molecule has 21 heavy (non-hydrogen) atoms. The molecule has 0 radical (unpaired) electrons. The Labute approximate surface area is 122 Å². The summed E-state index contributed by atoms with van der Waals surface area (Å²) in [5.41, 5.74) is 1.42. The SMILES string of the molecule is COc1cc([N+](=O)[O-])ccc1NC(=O)N/C=C(\C)C1CC1. The van der Waals surface area contributed by atoms with E-state index in [9.17, 15) is 14.9 Å². The molecule has 2 rings (SSSR count). The highest BCUT2D eigenvalue weighted by molar-refractivity contribution is 5.91. The molecule has 0 heterocycles. The first kappa shape index (κ1) is 14.8. The number of nitrogens with zero attached hydrogens (tertiary/aromatic N) is 1. The van der Waals surface area contributed by atoms with Crippen molar-refractivity contribution in [3.63, 3.8) is 0 Å². The van der Waals surface area contributed by atoms with Crippen LogP contribution in [0.2, 0.25) is 0 Å². The van der Waals surface area contributed by atoms with Crippen LogP contribution in [0.25, 0.3) is 0 Å². The van der Waals surface area contributed by atoms with Crippen LogP contribution in [-0.2, 0) is 0 Å². The molecule has 1 saturated carbocycles. The highest BCUT2D eigenvalue weighted by Gasteiger charge is 2.23. The Kier molecular flexibility index (Phi) is 4.42. The van der Waals surface area contributed by atoms with Gasteiger partial charge in [-0.05, 0) is 31.7 Å². The number of ether oxygens (including phenoxy) is 1. The summed E-state index contributed by atoms with van der Waals surface area (Å²) in [6, 6.07) is 3.60. The molecule has 2 N–H and O–H groups in total. The number of amides is 2. The van der Waals surface area contributed by atoms with Gasteiger partial charge in [-0.3, -0.25) is 10.1 Å². The van der Waals surface area contributed by atoms with Crippen LogP contribution in [0, 0.1) is 16.0 Å². The van der Waals surface area contributed by atoms with Gasteiger partial charge in [-0.15, -0.1) is 0 Å². The van der Waals surface area contributed by atoms with Gasteiger partial charge in [-0.25, -0.2) is 4.79 Å². The number of nitrogens with one attached hydrogen (secondary N) is 2. The number of allylic oxidation sites excluding steroid dienone is 1. The number of hydrogen-bond acceptors (Lipinski definition) is 4. The van der Waals surface area contributed by atoms with E-state index in [0.29, 0.717) is 11.6 Å². The Bertz CT molecular complexity index is 594. The maximum atomic E-state index is 11.8. The summed E-state index contributed by atoms with van der Waals surface area (Å²) in [6.45, 7) is 1.98. The van der Waals surface area contributed by atoms with Crippen molar-refractivity contribution in [2.75, 3.05) is 12.4 Å². The molecule has 0 bridgehead atoms. The van der Waals surface area contributed by atoms with Crippen molar-refractivity contribution >= 4 is 17.4 Å². The zero-order chi connectivity index (χ0) is 15.4. The monoisotopic (exact) mass is 291 g/mol. The van der Waals surface area contributed by atoms with Gasteiger partial charge in [0.2, 0.25) is 0 Å². The van der Waals surface area contributed by atoms with Crippen molar-refractivity contribution < 1.29 is 14.5 Å². The lowest BCUT2D eigenvalue weighted by Crippen LogP contribution is -2.24. The van der Waals surface area contributed by atoms with Crippen molar-refractivity contribution in [1.82, 2.24) is 5.32 Å². The summed E-state index contributed by atoms with van der Waals surface area (Å²) in [5.74, 6) is 0.821. The van der Waals surface area contributed by atoms with E-state index >= 15 is 0 Å². The lowest BCUT2D eigenvalue weighted by atomic mass is 10.2. The van der Waals surface area contributed by atoms with Crippen molar-refractivity contribution in [3.8, 4) is 5.75 Å². The van der Waals surface area contributed by atoms with Gasteiger partial charge in [0.15, 0.2) is 0 Å². The number of hydrogen-bond donors (Lipinski definition) is 2. The molecule has 112 valence electrons. The fraction of sp³-hybridized carbons (Fsp3) is 0.357. The van der Waals surface area contributed by atoms with E-state index in [-0.39, 0.29) is 11.4 Å². The number of benzene rings is 1. The van der Waals surface area contributed by atoms with Crippen LogP contribution >= 0.6 is 0 Å². The van der Waals surface area contributed by atoms with E-state index < -0.39 is 11.0 Å². The third-order valence-electron chi connectivity index (χ3n) is 3.30. The molecule has 1 aliphatic carbocycles. The minimum absolute atomic E-state index is 0.0951. The maximum absolute atomic E-state index is 11.8. The van der Waals surface area contributed by atoms with Crippen LogP contribution in [0.3, 0.4) is 0 Å². The molecule has 0 aromatic heterocycles. The average molecular weight is 291 g/mol. The van der Waals surface area contributed by atoms with Crippen LogP contribution in [0.1, 0.15) is 19.8 Å². The second-order valence-corrected chi connectivity index (χ2v) is 4.90. The number of non-ortho nitro benzene ring substituents is 1. The Morgan fingerprint density at radius 3 is 2.76 bits per heavy atom. The van der Waals surface area contributed by atoms with E-state index in [0.717, 1.165) is 5.57 Å². The van der Waals surface area contributed by atoms with Crippen LogP contribution in [0.15, 0.2) is 30.0 Å². The molecule has 0 unspecified atom stereocenters. The Hall–Kier alpha value is -2.57. The van der Waals surface area contributed by atoms with Gasteiger partial charge < -0.3 is 15.4 Å². The van der Waals surface area contributed by atoms with Crippen LogP contribution in [0.4, 0.5) is 16.2 Å². The quantitative estimate of drug-likeness (QED) is 0.644. The first-order valence-electron chi connectivity index (χ1n) is 6.58. The summed E-state index contributed by atoms with van der Waals surface area (Å²) in [4.78, 5) is 22.0. The number of nitro groups is 1. The Balaban J connectivity index is 2.02. The predicted molar refractivity (Wildman–Crippen MR) is 78.3 cm³/mol. The number of rotatable bonds is 5. The predicted octanol–water partition coefficient (Wildman–Crippen LogP) is 3.04. The molecule has 2 amide bonds. The summed E-state index contributed by atoms with van der Waals surface area (Å²) < 4.78 is 5.05. The van der Waals surface area contributed by atoms with E-state index in [1.807, 2.05) is 6.92 Å². The molecule has 0 aliphatic heterocycles. The second kappa shape index (κ2) is 6.25. The summed E-state index contributed by atoms with van der Waals surface area (Å²) in [5, 5.41) is 15.9. The number of methoxy groups -OCH3 is 1. The summed E-state index contributed by atoms with van der Waals surface area (Å²) in [6.07, 6.45) is 4.02. The van der Waals surface area contributed by atoms with Crippen molar-refractivity contribution in [1.29, 1.82) is 0 Å². The molecule has 0 spiro atoms. The molecule has 0 atom stereocenters. The fourth-order valence-corrected chi connectivity index (χ4v) is 1.89. The zero-order valence-corrected chi connectivity index (χ0v) is 11.9. The lowest BCUT2D eigenvalue weighted by Gasteiger charge is -2.10. The standard InChI is InChI=1S/C14H17N3O4/c1-9(10-3-4-10)8-15-14(18)16-12-6-5-11(17(19)20)7-13(12)21-2/h5-8,10H,3-4H2,1-2H3,(H2,15,16,18)/b9-8+. The number of anilines is 1. The van der Waals surface area contributed by atoms with Gasteiger partial charge in [0.25, 0.3) is 5.69 Å². The minimum atomic E-state index is -0.520. The van der Waals surface area contributed by atoms with Crippen LogP contribution in [0.5, 0.6) is 5.75 Å². The first-order chi connectivity index (χ1) is 10.0. The number of carbonyl (C=O) groups excluding carboxylic acids is 1. The van der Waals surface area contributed by atoms with E-state index in [4.69, 9.17) is 4.74 Å². The molecule has 1 aliphatic rings. The van der Waals surface area contributed by atoms with Crippen molar-refractivity contribution in [2.24, 2.45) is 5.92 Å². The number of carbonyl (C=O) groups is 1. The third kappa shape index (κ3) is 3.95. The van der Waals surface area contributed by atoms with Crippen LogP contribution in [-0.4, -0.2) is 18.1 Å². The average Bonchev–Trinajstić information content (AvgIpc) is 3.29. The molecule has 1 fully saturated rings. The van der Waals surface area contributed by atoms with Crippen molar-refractivity contribution in [2.45, 2.75) is 19.8 Å². The van der Waals surface area contributed by atoms with Crippen LogP contribution < -0.4 is 15.4 Å². The van der Waals surface area contributed by atoms with Gasteiger partial charge in [0.1, 0.15) is 5.75 Å². The molecule has 7 heteroatoms. The minimum Gasteiger partial charge on any atom is -0.494 e. The fourth-order valence-electron chi connectivity index (χ4n) is 1.89. The zero-order valence-electron chi connectivity index (χ0n) is 11.9. The second-order valence-electron chi connectivity index (χ2n) is 4.90. The topological polar surface area (TPSA) is 93.5 Å². The van der Waals surface area contributed by atoms with Gasteiger partial charge in [-0.1, -0.05) is 5.57 Å². The number of nitro benzene ring substituents is 1. The molecular formula is C14H17N3O4. The third-order valence-corrected chi connectivity index (χ3v) is 3.30. The molecule has 0 saturated heterocycles. The van der Waals surface area contributed by atoms with Gasteiger partial charge in [0.05, 0.1) is 23.8 Å². The van der Waals surface area contributed by atoms with Gasteiger partial charge in [-0.2, -0.15) is 0 Å². The van der Waals surface area contributed by atoms with E-state index in [1.54, 1.807) is 6.20 Å². The largest absolute Gasteiger partial charge is 0.494 e. The summed E-state index contributed by atoms with van der Waals surface area (Å²) in [7, 11) is 1.39. The number of urea groups is 1. The van der Waals surface area contributed by atoms with E-state index in [1.165, 1.54) is 38.2 Å². The Morgan fingerprint density at radius 1 is 1.48 bits per heavy atom. The normalized spacial score (nSPS) is 14.5.